The van der Waals surface area contributed by atoms with Gasteiger partial charge in [-0.15, -0.1) is 0 Å². The van der Waals surface area contributed by atoms with E-state index < -0.39 is 0 Å². The van der Waals surface area contributed by atoms with Gasteiger partial charge in [0.1, 0.15) is 17.3 Å². The van der Waals surface area contributed by atoms with Crippen LogP contribution in [0.2, 0.25) is 0 Å². The van der Waals surface area contributed by atoms with Gasteiger partial charge in [-0.05, 0) is 52.7 Å². The Labute approximate surface area is 195 Å². The molecule has 0 aliphatic carbocycles. The number of benzene rings is 4. The largest absolute Gasteiger partial charge is 0.507 e. The Morgan fingerprint density at radius 1 is 1.09 bits per heavy atom. The van der Waals surface area contributed by atoms with Crippen molar-refractivity contribution in [3.05, 3.63) is 101 Å². The predicted octanol–water partition coefficient (Wildman–Crippen LogP) is 4.79. The number of nitrogens with one attached hydrogen (secondary N) is 2. The van der Waals surface area contributed by atoms with Crippen LogP contribution in [0.5, 0.6) is 11.5 Å². The van der Waals surface area contributed by atoms with Crippen molar-refractivity contribution < 1.29 is 14.6 Å². The number of methoxy groups -OCH3 is 1. The fourth-order valence-corrected chi connectivity index (χ4v) is 3.86. The molecule has 7 heteroatoms. The zero-order valence-corrected chi connectivity index (χ0v) is 18.4. The molecule has 0 aliphatic rings. The van der Waals surface area contributed by atoms with Crippen molar-refractivity contribution in [3.8, 4) is 11.5 Å². The molecule has 0 saturated carbocycles. The third-order valence-electron chi connectivity index (χ3n) is 5.63. The molecule has 1 aromatic heterocycles. The molecule has 1 amide bonds. The highest BCUT2D eigenvalue weighted by atomic mass is 16.5. The van der Waals surface area contributed by atoms with Crippen LogP contribution in [0.4, 0.5) is 0 Å². The SMILES string of the molecule is COc1ccc(Cc2nc3ccc(C(=O)N/N=C\c4c(O)ccc5ccccc45)cc3[nH]2)cc1. The Balaban J connectivity index is 1.31. The highest BCUT2D eigenvalue weighted by Gasteiger charge is 2.10. The molecule has 5 aromatic rings. The number of aromatic nitrogens is 2. The number of H-pyrrole nitrogens is 1. The van der Waals surface area contributed by atoms with Crippen molar-refractivity contribution in [1.29, 1.82) is 0 Å². The van der Waals surface area contributed by atoms with Gasteiger partial charge >= 0.3 is 0 Å². The maximum Gasteiger partial charge on any atom is 0.271 e. The van der Waals surface area contributed by atoms with Gasteiger partial charge < -0.3 is 14.8 Å². The molecule has 0 unspecified atom stereocenters. The first-order valence-electron chi connectivity index (χ1n) is 10.8. The summed E-state index contributed by atoms with van der Waals surface area (Å²) in [5, 5.41) is 16.1. The summed E-state index contributed by atoms with van der Waals surface area (Å²) in [6, 6.07) is 24.2. The number of phenolic OH excluding ortho intramolecular Hbond substituents is 1. The summed E-state index contributed by atoms with van der Waals surface area (Å²) in [4.78, 5) is 20.6. The maximum absolute atomic E-state index is 12.7. The van der Waals surface area contributed by atoms with Gasteiger partial charge in [-0.2, -0.15) is 5.10 Å². The minimum Gasteiger partial charge on any atom is -0.507 e. The summed E-state index contributed by atoms with van der Waals surface area (Å²) in [7, 11) is 1.64. The Hall–Kier alpha value is -4.65. The van der Waals surface area contributed by atoms with E-state index in [0.29, 0.717) is 17.5 Å². The molecule has 0 fully saturated rings. The van der Waals surface area contributed by atoms with Gasteiger partial charge in [0, 0.05) is 17.5 Å². The van der Waals surface area contributed by atoms with E-state index in [1.165, 1.54) is 6.21 Å². The zero-order valence-electron chi connectivity index (χ0n) is 18.4. The van der Waals surface area contributed by atoms with Gasteiger partial charge in [0.25, 0.3) is 5.91 Å². The zero-order chi connectivity index (χ0) is 23.5. The number of hydrogen-bond donors (Lipinski definition) is 3. The molecule has 168 valence electrons. The summed E-state index contributed by atoms with van der Waals surface area (Å²) >= 11 is 0. The van der Waals surface area contributed by atoms with Crippen LogP contribution in [0.1, 0.15) is 27.3 Å². The van der Waals surface area contributed by atoms with E-state index in [0.717, 1.165) is 38.9 Å². The van der Waals surface area contributed by atoms with E-state index in [1.54, 1.807) is 31.4 Å². The summed E-state index contributed by atoms with van der Waals surface area (Å²) in [6.45, 7) is 0. The standard InChI is InChI=1S/C27H22N4O3/c1-34-20-10-6-17(7-11-20)14-26-29-23-12-8-19(15-24(23)30-26)27(33)31-28-16-22-21-5-3-2-4-18(21)9-13-25(22)32/h2-13,15-16,32H,14H2,1H3,(H,29,30)(H,31,33)/b28-16-. The number of imidazole rings is 1. The molecule has 0 aliphatic heterocycles. The van der Waals surface area contributed by atoms with Crippen LogP contribution < -0.4 is 10.2 Å². The maximum atomic E-state index is 12.7. The lowest BCUT2D eigenvalue weighted by molar-refractivity contribution is 0.0955. The lowest BCUT2D eigenvalue weighted by Crippen LogP contribution is -2.17. The molecular weight excluding hydrogens is 428 g/mol. The molecule has 0 spiro atoms. The van der Waals surface area contributed by atoms with Crippen molar-refractivity contribution in [2.24, 2.45) is 5.10 Å². The van der Waals surface area contributed by atoms with E-state index in [-0.39, 0.29) is 11.7 Å². The lowest BCUT2D eigenvalue weighted by Gasteiger charge is -2.05. The van der Waals surface area contributed by atoms with Gasteiger partial charge in [-0.25, -0.2) is 10.4 Å². The van der Waals surface area contributed by atoms with Crippen molar-refractivity contribution in [3.63, 3.8) is 0 Å². The van der Waals surface area contributed by atoms with Crippen LogP contribution in [0.15, 0.2) is 84.0 Å². The first kappa shape index (κ1) is 21.2. The van der Waals surface area contributed by atoms with E-state index in [4.69, 9.17) is 4.74 Å². The van der Waals surface area contributed by atoms with Crippen LogP contribution in [0, 0.1) is 0 Å². The number of amides is 1. The first-order valence-corrected chi connectivity index (χ1v) is 10.8. The molecule has 34 heavy (non-hydrogen) atoms. The molecule has 0 bridgehead atoms. The topological polar surface area (TPSA) is 99.6 Å². The van der Waals surface area contributed by atoms with Gasteiger partial charge in [-0.3, -0.25) is 4.79 Å². The number of phenols is 1. The third-order valence-corrected chi connectivity index (χ3v) is 5.63. The minimum atomic E-state index is -0.357. The minimum absolute atomic E-state index is 0.0972. The van der Waals surface area contributed by atoms with Gasteiger partial charge in [0.15, 0.2) is 0 Å². The van der Waals surface area contributed by atoms with Crippen molar-refractivity contribution in [2.75, 3.05) is 7.11 Å². The Bertz CT molecular complexity index is 1520. The molecular formula is C27H22N4O3. The fourth-order valence-electron chi connectivity index (χ4n) is 3.86. The van der Waals surface area contributed by atoms with Crippen LogP contribution in [0.3, 0.4) is 0 Å². The summed E-state index contributed by atoms with van der Waals surface area (Å²) in [6.07, 6.45) is 2.09. The molecule has 0 saturated heterocycles. The molecule has 4 aromatic carbocycles. The summed E-state index contributed by atoms with van der Waals surface area (Å²) < 4.78 is 5.20. The van der Waals surface area contributed by atoms with E-state index in [2.05, 4.69) is 20.5 Å². The Kier molecular flexibility index (Phi) is 5.66. The number of nitrogens with zero attached hydrogens (tertiary/aromatic N) is 2. The molecule has 0 radical (unpaired) electrons. The number of ether oxygens (including phenoxy) is 1. The first-order chi connectivity index (χ1) is 16.6. The number of carbonyl (C=O) groups is 1. The number of rotatable bonds is 6. The second-order valence-corrected chi connectivity index (χ2v) is 7.86. The highest BCUT2D eigenvalue weighted by molar-refractivity contribution is 6.03. The molecule has 1 heterocycles. The summed E-state index contributed by atoms with van der Waals surface area (Å²) in [5.41, 5.74) is 6.18. The molecule has 3 N–H and O–H groups in total. The highest BCUT2D eigenvalue weighted by Crippen LogP contribution is 2.25. The second-order valence-electron chi connectivity index (χ2n) is 7.86. The lowest BCUT2D eigenvalue weighted by atomic mass is 10.0. The van der Waals surface area contributed by atoms with Crippen LogP contribution in [0.25, 0.3) is 21.8 Å². The van der Waals surface area contributed by atoms with Crippen molar-refractivity contribution >= 4 is 33.9 Å². The number of aromatic amines is 1. The van der Waals surface area contributed by atoms with E-state index >= 15 is 0 Å². The van der Waals surface area contributed by atoms with E-state index in [9.17, 15) is 9.90 Å². The number of carbonyl (C=O) groups excluding carboxylic acids is 1. The number of aromatic hydroxyl groups is 1. The molecule has 5 rings (SSSR count). The van der Waals surface area contributed by atoms with Crippen LogP contribution in [-0.2, 0) is 6.42 Å². The number of hydrazone groups is 1. The molecule has 7 nitrogen and oxygen atoms in total. The smallest absolute Gasteiger partial charge is 0.271 e. The summed E-state index contributed by atoms with van der Waals surface area (Å²) in [5.74, 6) is 1.36. The quantitative estimate of drug-likeness (QED) is 0.256. The van der Waals surface area contributed by atoms with Gasteiger partial charge in [-0.1, -0.05) is 42.5 Å². The van der Waals surface area contributed by atoms with Gasteiger partial charge in [0.05, 0.1) is 24.4 Å². The average molecular weight is 450 g/mol. The predicted molar refractivity (Wildman–Crippen MR) is 133 cm³/mol. The second kappa shape index (κ2) is 9.07. The van der Waals surface area contributed by atoms with Gasteiger partial charge in [0.2, 0.25) is 0 Å². The number of hydrogen-bond acceptors (Lipinski definition) is 5. The fraction of sp³-hybridized carbons (Fsp3) is 0.0741. The van der Waals surface area contributed by atoms with Crippen molar-refractivity contribution in [1.82, 2.24) is 15.4 Å². The van der Waals surface area contributed by atoms with Crippen LogP contribution >= 0.6 is 0 Å². The normalized spacial score (nSPS) is 11.3. The third kappa shape index (κ3) is 4.31. The monoisotopic (exact) mass is 450 g/mol. The average Bonchev–Trinajstić information content (AvgIpc) is 3.27. The van der Waals surface area contributed by atoms with Crippen LogP contribution in [-0.4, -0.2) is 34.3 Å². The Morgan fingerprint density at radius 2 is 1.91 bits per heavy atom. The number of fused-ring (bicyclic) bond motifs is 2. The Morgan fingerprint density at radius 3 is 2.74 bits per heavy atom. The molecule has 0 atom stereocenters. The van der Waals surface area contributed by atoms with Crippen molar-refractivity contribution in [2.45, 2.75) is 6.42 Å². The van der Waals surface area contributed by atoms with E-state index in [1.807, 2.05) is 54.6 Å².